The monoisotopic (exact) mass is 899 g/mol. The highest BCUT2D eigenvalue weighted by Gasteiger charge is 2.53. The number of alkyl carbamates (subject to hydrolysis) is 1. The number of likely N-dealkylation sites (tertiary alicyclic amines) is 2. The standard InChI is InChI=1S/C51H57N5O10/c1-4-6-22-50(23-7-5-2)40-27-35(52-46(59)42-30-51(65-24-25-66-51)32-55(42)44(58)26-33-14-10-8-11-15-33)18-20-38(40)39-21-19-36(28-41(39)50)56(49(62)63)43-29-37(57)31-54(43)47(60)45(53-48(61)64-3)34-16-12-9-13-17-34/h8-21,27-28,42-43,45H,4-7,22-26,29-32H2,1-3H3,(H,52,59)(H,53,61)(H,62,63)/t42-,43-,45+/m0/s1. The normalized spacial score (nSPS) is 19.3. The van der Waals surface area contributed by atoms with Crippen LogP contribution in [0.15, 0.2) is 97.1 Å². The third-order valence-corrected chi connectivity index (χ3v) is 13.5. The van der Waals surface area contributed by atoms with Crippen LogP contribution in [0.3, 0.4) is 0 Å². The third-order valence-electron chi connectivity index (χ3n) is 13.5. The molecule has 0 bridgehead atoms. The van der Waals surface area contributed by atoms with E-state index in [-0.39, 0.29) is 49.9 Å². The summed E-state index contributed by atoms with van der Waals surface area (Å²) >= 11 is 0. The van der Waals surface area contributed by atoms with Crippen LogP contribution in [0.1, 0.15) is 93.5 Å². The Morgan fingerprint density at radius 2 is 1.48 bits per heavy atom. The fraction of sp³-hybridized carbons (Fsp3) is 0.412. The number of carbonyl (C=O) groups excluding carboxylic acids is 5. The number of carbonyl (C=O) groups is 6. The number of fused-ring (bicyclic) bond motifs is 3. The van der Waals surface area contributed by atoms with Crippen molar-refractivity contribution in [2.75, 3.05) is 43.6 Å². The molecule has 3 atom stereocenters. The van der Waals surface area contributed by atoms with Gasteiger partial charge in [-0.1, -0.05) is 112 Å². The average Bonchev–Trinajstić information content (AvgIpc) is 4.11. The Morgan fingerprint density at radius 1 is 0.848 bits per heavy atom. The summed E-state index contributed by atoms with van der Waals surface area (Å²) in [5.74, 6) is -2.58. The van der Waals surface area contributed by atoms with E-state index in [2.05, 4.69) is 24.5 Å². The summed E-state index contributed by atoms with van der Waals surface area (Å²) < 4.78 is 16.8. The predicted molar refractivity (Wildman–Crippen MR) is 246 cm³/mol. The molecule has 4 aliphatic rings. The van der Waals surface area contributed by atoms with Gasteiger partial charge in [0.25, 0.3) is 5.91 Å². The zero-order chi connectivity index (χ0) is 46.6. The number of anilines is 2. The van der Waals surface area contributed by atoms with Gasteiger partial charge in [0.1, 0.15) is 18.2 Å². The van der Waals surface area contributed by atoms with Gasteiger partial charge in [-0.25, -0.2) is 9.59 Å². The number of nitrogens with zero attached hydrogens (tertiary/aromatic N) is 3. The molecule has 0 unspecified atom stereocenters. The van der Waals surface area contributed by atoms with E-state index in [1.165, 1.54) is 12.0 Å². The molecule has 4 aromatic carbocycles. The van der Waals surface area contributed by atoms with Gasteiger partial charge in [-0.3, -0.25) is 24.1 Å². The minimum absolute atomic E-state index is 0.128. The number of nitrogens with one attached hydrogen (secondary N) is 2. The molecule has 4 aromatic rings. The van der Waals surface area contributed by atoms with Gasteiger partial charge in [-0.05, 0) is 70.5 Å². The lowest BCUT2D eigenvalue weighted by atomic mass is 9.70. The topological polar surface area (TPSA) is 184 Å². The van der Waals surface area contributed by atoms with E-state index in [0.717, 1.165) is 71.2 Å². The summed E-state index contributed by atoms with van der Waals surface area (Å²) in [6.45, 7) is 4.80. The number of amides is 5. The van der Waals surface area contributed by atoms with Crippen molar-refractivity contribution in [3.63, 3.8) is 0 Å². The highest BCUT2D eigenvalue weighted by Crippen LogP contribution is 2.56. The number of hydrogen-bond donors (Lipinski definition) is 3. The summed E-state index contributed by atoms with van der Waals surface area (Å²) in [5, 5.41) is 16.7. The van der Waals surface area contributed by atoms with E-state index in [4.69, 9.17) is 14.2 Å². The number of benzene rings is 4. The van der Waals surface area contributed by atoms with Gasteiger partial charge in [0.15, 0.2) is 11.6 Å². The smallest absolute Gasteiger partial charge is 0.413 e. The van der Waals surface area contributed by atoms with Crippen molar-refractivity contribution < 1.29 is 48.1 Å². The van der Waals surface area contributed by atoms with Crippen molar-refractivity contribution in [1.29, 1.82) is 0 Å². The Morgan fingerprint density at radius 3 is 2.12 bits per heavy atom. The molecule has 1 aliphatic carbocycles. The number of unbranched alkanes of at least 4 members (excludes halogenated alkanes) is 2. The number of hydrogen-bond acceptors (Lipinski definition) is 9. The second kappa shape index (κ2) is 19.5. The van der Waals surface area contributed by atoms with E-state index < -0.39 is 47.5 Å². The van der Waals surface area contributed by atoms with Gasteiger partial charge in [0, 0.05) is 29.6 Å². The van der Waals surface area contributed by atoms with Crippen LogP contribution >= 0.6 is 0 Å². The van der Waals surface area contributed by atoms with Crippen LogP contribution in [-0.4, -0.2) is 102 Å². The molecule has 15 heteroatoms. The number of ether oxygens (including phenoxy) is 3. The highest BCUT2D eigenvalue weighted by molar-refractivity contribution is 6.00. The zero-order valence-corrected chi connectivity index (χ0v) is 37.6. The fourth-order valence-electron chi connectivity index (χ4n) is 10.3. The fourth-order valence-corrected chi connectivity index (χ4v) is 10.3. The van der Waals surface area contributed by atoms with Crippen LogP contribution in [0.5, 0.6) is 0 Å². The van der Waals surface area contributed by atoms with Gasteiger partial charge < -0.3 is 39.8 Å². The molecule has 15 nitrogen and oxygen atoms in total. The minimum Gasteiger partial charge on any atom is -0.465 e. The van der Waals surface area contributed by atoms with Gasteiger partial charge in [0.05, 0.1) is 39.8 Å². The van der Waals surface area contributed by atoms with Crippen molar-refractivity contribution in [2.24, 2.45) is 0 Å². The van der Waals surface area contributed by atoms with Crippen molar-refractivity contribution >= 4 is 47.1 Å². The maximum Gasteiger partial charge on any atom is 0.413 e. The molecule has 0 saturated carbocycles. The third kappa shape index (κ3) is 9.01. The molecule has 1 spiro atoms. The predicted octanol–water partition coefficient (Wildman–Crippen LogP) is 7.57. The number of rotatable bonds is 15. The first-order valence-corrected chi connectivity index (χ1v) is 22.9. The Balaban J connectivity index is 1.13. The Kier molecular flexibility index (Phi) is 13.6. The Labute approximate surface area is 384 Å². The maximum absolute atomic E-state index is 14.4. The van der Waals surface area contributed by atoms with E-state index in [1.807, 2.05) is 60.7 Å². The molecular weight excluding hydrogens is 843 g/mol. The summed E-state index contributed by atoms with van der Waals surface area (Å²) in [4.78, 5) is 85.7. The minimum atomic E-state index is -1.35. The van der Waals surface area contributed by atoms with Crippen molar-refractivity contribution in [3.05, 3.63) is 119 Å². The largest absolute Gasteiger partial charge is 0.465 e. The lowest BCUT2D eigenvalue weighted by molar-refractivity contribution is -0.152. The van der Waals surface area contributed by atoms with Crippen molar-refractivity contribution in [1.82, 2.24) is 15.1 Å². The zero-order valence-electron chi connectivity index (χ0n) is 37.6. The van der Waals surface area contributed by atoms with Crippen LogP contribution in [-0.2, 0) is 45.2 Å². The van der Waals surface area contributed by atoms with Gasteiger partial charge >= 0.3 is 12.2 Å². The second-order valence-corrected chi connectivity index (χ2v) is 17.6. The summed E-state index contributed by atoms with van der Waals surface area (Å²) in [6, 6.07) is 27.2. The van der Waals surface area contributed by atoms with Gasteiger partial charge in [-0.2, -0.15) is 0 Å². The van der Waals surface area contributed by atoms with E-state index in [0.29, 0.717) is 30.2 Å². The van der Waals surface area contributed by atoms with Gasteiger partial charge in [-0.15, -0.1) is 0 Å². The first kappa shape index (κ1) is 46.0. The van der Waals surface area contributed by atoms with Crippen molar-refractivity contribution in [2.45, 2.75) is 101 Å². The number of carboxylic acid groups (broad SMARTS) is 1. The Bertz CT molecular complexity index is 2470. The van der Waals surface area contributed by atoms with Crippen LogP contribution in [0.2, 0.25) is 0 Å². The lowest BCUT2D eigenvalue weighted by Gasteiger charge is -2.36. The van der Waals surface area contributed by atoms with E-state index in [9.17, 15) is 33.9 Å². The van der Waals surface area contributed by atoms with Crippen LogP contribution in [0.4, 0.5) is 21.0 Å². The SMILES string of the molecule is CCCCC1(CCCC)c2cc(NC(=O)[C@@H]3CC4(CN3C(=O)Cc3ccccc3)OCCO4)ccc2-c2ccc(N(C(=O)O)[C@H]3CC(=O)CN3C(=O)[C@H](NC(=O)OC)c3ccccc3)cc21. The van der Waals surface area contributed by atoms with Gasteiger partial charge in [0.2, 0.25) is 11.8 Å². The first-order valence-electron chi connectivity index (χ1n) is 22.9. The quantitative estimate of drug-likeness (QED) is 0.108. The number of Topliss-reactive ketones (excluding diaryl/α,β-unsaturated/α-hetero) is 1. The molecule has 0 aromatic heterocycles. The Hall–Kier alpha value is -6.58. The summed E-state index contributed by atoms with van der Waals surface area (Å²) in [6.07, 6.45) is 1.67. The van der Waals surface area contributed by atoms with Crippen LogP contribution < -0.4 is 15.5 Å². The first-order chi connectivity index (χ1) is 31.9. The molecule has 3 saturated heterocycles. The molecule has 3 fully saturated rings. The summed E-state index contributed by atoms with van der Waals surface area (Å²) in [7, 11) is 1.18. The molecule has 66 heavy (non-hydrogen) atoms. The maximum atomic E-state index is 14.4. The van der Waals surface area contributed by atoms with E-state index >= 15 is 0 Å². The molecular formula is C51H57N5O10. The van der Waals surface area contributed by atoms with E-state index in [1.54, 1.807) is 41.3 Å². The molecule has 3 heterocycles. The summed E-state index contributed by atoms with van der Waals surface area (Å²) in [5.41, 5.74) is 5.37. The molecule has 0 radical (unpaired) electrons. The lowest BCUT2D eigenvalue weighted by Crippen LogP contribution is -2.53. The second-order valence-electron chi connectivity index (χ2n) is 17.6. The van der Waals surface area contributed by atoms with Crippen LogP contribution in [0.25, 0.3) is 11.1 Å². The molecule has 8 rings (SSSR count). The van der Waals surface area contributed by atoms with Crippen LogP contribution in [0, 0.1) is 0 Å². The number of methoxy groups -OCH3 is 1. The molecule has 346 valence electrons. The average molecular weight is 900 g/mol. The molecule has 3 N–H and O–H groups in total. The molecule has 5 amide bonds. The highest BCUT2D eigenvalue weighted by atomic mass is 16.7. The number of ketones is 1. The van der Waals surface area contributed by atoms with Crippen molar-refractivity contribution in [3.8, 4) is 11.1 Å². The molecule has 3 aliphatic heterocycles.